The molecule has 1 heterocycles. The maximum atomic E-state index is 12.0. The Balaban J connectivity index is 1.78. The lowest BCUT2D eigenvalue weighted by Crippen LogP contribution is -2.29. The van der Waals surface area contributed by atoms with Crippen LogP contribution in [-0.4, -0.2) is 34.0 Å². The molecule has 0 aliphatic carbocycles. The fourth-order valence-corrected chi connectivity index (χ4v) is 2.27. The van der Waals surface area contributed by atoms with Crippen LogP contribution in [0.4, 0.5) is 11.4 Å². The number of carbonyl (C=O) groups excluding carboxylic acids is 3. The van der Waals surface area contributed by atoms with Crippen LogP contribution >= 0.6 is 0 Å². The van der Waals surface area contributed by atoms with Gasteiger partial charge in [0.25, 0.3) is 5.91 Å². The summed E-state index contributed by atoms with van der Waals surface area (Å²) in [6.07, 6.45) is 0.149. The molecule has 132 valence electrons. The van der Waals surface area contributed by atoms with Gasteiger partial charge in [-0.25, -0.2) is 0 Å². The van der Waals surface area contributed by atoms with Crippen molar-refractivity contribution in [2.45, 2.75) is 20.3 Å². The van der Waals surface area contributed by atoms with Gasteiger partial charge in [-0.15, -0.1) is 0 Å². The van der Waals surface area contributed by atoms with Crippen LogP contribution in [0.5, 0.6) is 0 Å². The Hall–Kier alpha value is -3.16. The lowest BCUT2D eigenvalue weighted by atomic mass is 10.2. The smallest absolute Gasteiger partial charge is 0.269 e. The van der Waals surface area contributed by atoms with Gasteiger partial charge in [-0.2, -0.15) is 5.10 Å². The molecule has 2 rings (SSSR count). The highest BCUT2D eigenvalue weighted by molar-refractivity contribution is 5.94. The van der Waals surface area contributed by atoms with Crippen molar-refractivity contribution in [1.29, 1.82) is 0 Å². The second kappa shape index (κ2) is 8.09. The van der Waals surface area contributed by atoms with Crippen LogP contribution in [0.15, 0.2) is 30.3 Å². The zero-order chi connectivity index (χ0) is 18.4. The molecule has 8 nitrogen and oxygen atoms in total. The standard InChI is InChI=1S/C17H21N5O3/c1-11-10-15(22(3)21-11)17(25)18-9-8-16(24)20-14-6-4-13(5-7-14)19-12(2)23/h4-7,10H,8-9H2,1-3H3,(H,18,25)(H,19,23)(H,20,24). The summed E-state index contributed by atoms with van der Waals surface area (Å²) in [6.45, 7) is 3.46. The predicted molar refractivity (Wildman–Crippen MR) is 94.3 cm³/mol. The molecule has 8 heteroatoms. The topological polar surface area (TPSA) is 105 Å². The first-order valence-electron chi connectivity index (χ1n) is 7.81. The van der Waals surface area contributed by atoms with Gasteiger partial charge in [0, 0.05) is 38.3 Å². The first-order chi connectivity index (χ1) is 11.8. The largest absolute Gasteiger partial charge is 0.350 e. The van der Waals surface area contributed by atoms with Crippen molar-refractivity contribution in [2.24, 2.45) is 7.05 Å². The molecule has 0 bridgehead atoms. The van der Waals surface area contributed by atoms with E-state index in [1.54, 1.807) is 44.3 Å². The van der Waals surface area contributed by atoms with Crippen molar-refractivity contribution in [3.8, 4) is 0 Å². The van der Waals surface area contributed by atoms with Crippen LogP contribution in [-0.2, 0) is 16.6 Å². The Morgan fingerprint density at radius 2 is 1.68 bits per heavy atom. The number of carbonyl (C=O) groups is 3. The van der Waals surface area contributed by atoms with Gasteiger partial charge in [0.05, 0.1) is 5.69 Å². The van der Waals surface area contributed by atoms with E-state index in [2.05, 4.69) is 21.0 Å². The van der Waals surface area contributed by atoms with E-state index in [-0.39, 0.29) is 30.7 Å². The molecular formula is C17H21N5O3. The maximum absolute atomic E-state index is 12.0. The Morgan fingerprint density at radius 3 is 2.20 bits per heavy atom. The molecular weight excluding hydrogens is 322 g/mol. The van der Waals surface area contributed by atoms with Gasteiger partial charge >= 0.3 is 0 Å². The summed E-state index contributed by atoms with van der Waals surface area (Å²) in [5.41, 5.74) is 2.48. The Kier molecular flexibility index (Phi) is 5.89. The number of hydrogen-bond acceptors (Lipinski definition) is 4. The van der Waals surface area contributed by atoms with Gasteiger partial charge in [0.1, 0.15) is 5.69 Å². The summed E-state index contributed by atoms with van der Waals surface area (Å²) in [5.74, 6) is -0.638. The van der Waals surface area contributed by atoms with Crippen LogP contribution in [0.1, 0.15) is 29.5 Å². The molecule has 0 saturated carbocycles. The molecule has 0 atom stereocenters. The minimum atomic E-state index is -0.268. The summed E-state index contributed by atoms with van der Waals surface area (Å²) >= 11 is 0. The molecule has 3 N–H and O–H groups in total. The second-order valence-corrected chi connectivity index (χ2v) is 5.61. The SMILES string of the molecule is CC(=O)Nc1ccc(NC(=O)CCNC(=O)c2cc(C)nn2C)cc1. The van der Waals surface area contributed by atoms with E-state index >= 15 is 0 Å². The highest BCUT2D eigenvalue weighted by Gasteiger charge is 2.11. The first kappa shape index (κ1) is 18.2. The van der Waals surface area contributed by atoms with Crippen molar-refractivity contribution >= 4 is 29.1 Å². The molecule has 0 aliphatic heterocycles. The van der Waals surface area contributed by atoms with E-state index in [0.29, 0.717) is 17.1 Å². The lowest BCUT2D eigenvalue weighted by Gasteiger charge is -2.08. The van der Waals surface area contributed by atoms with Crippen molar-refractivity contribution in [2.75, 3.05) is 17.2 Å². The fourth-order valence-electron chi connectivity index (χ4n) is 2.27. The number of amides is 3. The van der Waals surface area contributed by atoms with Gasteiger partial charge in [0.2, 0.25) is 11.8 Å². The minimum Gasteiger partial charge on any atom is -0.350 e. The third-order valence-electron chi connectivity index (χ3n) is 3.36. The number of nitrogens with one attached hydrogen (secondary N) is 3. The molecule has 1 aromatic heterocycles. The van der Waals surface area contributed by atoms with E-state index in [0.717, 1.165) is 5.69 Å². The molecule has 0 fully saturated rings. The third kappa shape index (κ3) is 5.45. The number of aromatic nitrogens is 2. The van der Waals surface area contributed by atoms with E-state index in [1.807, 2.05) is 0 Å². The molecule has 2 aromatic rings. The van der Waals surface area contributed by atoms with Crippen LogP contribution in [0.25, 0.3) is 0 Å². The highest BCUT2D eigenvalue weighted by atomic mass is 16.2. The van der Waals surface area contributed by atoms with Gasteiger partial charge in [-0.05, 0) is 37.3 Å². The molecule has 3 amide bonds. The van der Waals surface area contributed by atoms with E-state index in [1.165, 1.54) is 11.6 Å². The van der Waals surface area contributed by atoms with Crippen molar-refractivity contribution in [1.82, 2.24) is 15.1 Å². The second-order valence-electron chi connectivity index (χ2n) is 5.61. The summed E-state index contributed by atoms with van der Waals surface area (Å²) < 4.78 is 1.50. The molecule has 1 aromatic carbocycles. The summed E-state index contributed by atoms with van der Waals surface area (Å²) in [6, 6.07) is 8.47. The lowest BCUT2D eigenvalue weighted by molar-refractivity contribution is -0.116. The molecule has 0 spiro atoms. The van der Waals surface area contributed by atoms with Crippen molar-refractivity contribution < 1.29 is 14.4 Å². The average Bonchev–Trinajstić information content (AvgIpc) is 2.87. The number of nitrogens with zero attached hydrogens (tertiary/aromatic N) is 2. The monoisotopic (exact) mass is 343 g/mol. The Labute approximate surface area is 145 Å². The van der Waals surface area contributed by atoms with E-state index in [9.17, 15) is 14.4 Å². The highest BCUT2D eigenvalue weighted by Crippen LogP contribution is 2.13. The molecule has 0 aliphatic rings. The molecule has 25 heavy (non-hydrogen) atoms. The summed E-state index contributed by atoms with van der Waals surface area (Å²) in [5, 5.41) is 12.2. The summed E-state index contributed by atoms with van der Waals surface area (Å²) in [7, 11) is 1.69. The number of aryl methyl sites for hydroxylation is 2. The van der Waals surface area contributed by atoms with E-state index in [4.69, 9.17) is 0 Å². The van der Waals surface area contributed by atoms with Gasteiger partial charge in [-0.1, -0.05) is 0 Å². The van der Waals surface area contributed by atoms with Crippen LogP contribution in [0, 0.1) is 6.92 Å². The van der Waals surface area contributed by atoms with Gasteiger partial charge in [0.15, 0.2) is 0 Å². The summed E-state index contributed by atoms with van der Waals surface area (Å²) in [4.78, 5) is 34.9. The van der Waals surface area contributed by atoms with Crippen LogP contribution in [0.3, 0.4) is 0 Å². The van der Waals surface area contributed by atoms with Crippen molar-refractivity contribution in [3.05, 3.63) is 41.7 Å². The van der Waals surface area contributed by atoms with Gasteiger partial charge < -0.3 is 16.0 Å². The third-order valence-corrected chi connectivity index (χ3v) is 3.36. The van der Waals surface area contributed by atoms with Crippen LogP contribution < -0.4 is 16.0 Å². The number of hydrogen-bond donors (Lipinski definition) is 3. The van der Waals surface area contributed by atoms with Crippen molar-refractivity contribution in [3.63, 3.8) is 0 Å². The quantitative estimate of drug-likeness (QED) is 0.738. The van der Waals surface area contributed by atoms with E-state index < -0.39 is 0 Å². The zero-order valence-corrected chi connectivity index (χ0v) is 14.4. The maximum Gasteiger partial charge on any atom is 0.269 e. The number of benzene rings is 1. The first-order valence-corrected chi connectivity index (χ1v) is 7.81. The van der Waals surface area contributed by atoms with Gasteiger partial charge in [-0.3, -0.25) is 19.1 Å². The fraction of sp³-hybridized carbons (Fsp3) is 0.294. The molecule has 0 unspecified atom stereocenters. The normalized spacial score (nSPS) is 10.2. The molecule has 0 saturated heterocycles. The Bertz CT molecular complexity index is 780. The Morgan fingerprint density at radius 1 is 1.08 bits per heavy atom. The van der Waals surface area contributed by atoms with Crippen LogP contribution in [0.2, 0.25) is 0 Å². The number of anilines is 2. The average molecular weight is 343 g/mol. The minimum absolute atomic E-state index is 0.149. The molecule has 0 radical (unpaired) electrons. The predicted octanol–water partition coefficient (Wildman–Crippen LogP) is 1.45. The zero-order valence-electron chi connectivity index (χ0n) is 14.4. The number of rotatable bonds is 6.